The van der Waals surface area contributed by atoms with Gasteiger partial charge in [0.25, 0.3) is 0 Å². The molecule has 1 N–H and O–H groups in total. The highest BCUT2D eigenvalue weighted by Gasteiger charge is 2.20. The Hall–Kier alpha value is 0.0600. The summed E-state index contributed by atoms with van der Waals surface area (Å²) in [7, 11) is 0. The van der Waals surface area contributed by atoms with Gasteiger partial charge >= 0.3 is 0 Å². The summed E-state index contributed by atoms with van der Waals surface area (Å²) in [4.78, 5) is 0. The lowest BCUT2D eigenvalue weighted by Crippen LogP contribution is -2.24. The summed E-state index contributed by atoms with van der Waals surface area (Å²) < 4.78 is 16.1. The van der Waals surface area contributed by atoms with Crippen molar-refractivity contribution >= 4 is 54.8 Å². The van der Waals surface area contributed by atoms with E-state index in [1.807, 2.05) is 0 Å². The van der Waals surface area contributed by atoms with E-state index in [1.165, 1.54) is 6.07 Å². The van der Waals surface area contributed by atoms with Gasteiger partial charge in [0.15, 0.2) is 0 Å². The highest BCUT2D eigenvalue weighted by Crippen LogP contribution is 2.37. The number of nitrogens with one attached hydrogen (secondary N) is 1. The van der Waals surface area contributed by atoms with E-state index in [0.29, 0.717) is 17.0 Å². The van der Waals surface area contributed by atoms with Crippen LogP contribution in [0.4, 0.5) is 4.39 Å². The molecule has 21 heavy (non-hydrogen) atoms. The first-order valence-corrected chi connectivity index (χ1v) is 9.42. The first-order chi connectivity index (χ1) is 10.0. The van der Waals surface area contributed by atoms with Crippen LogP contribution in [0.1, 0.15) is 30.5 Å². The lowest BCUT2D eigenvalue weighted by Gasteiger charge is -2.19. The van der Waals surface area contributed by atoms with Gasteiger partial charge < -0.3 is 5.32 Å². The molecular formula is C15H15Br2ClFNS. The Balaban J connectivity index is 2.30. The van der Waals surface area contributed by atoms with E-state index in [1.54, 1.807) is 23.5 Å². The summed E-state index contributed by atoms with van der Waals surface area (Å²) in [6.07, 6.45) is 1.54. The Labute approximate surface area is 150 Å². The van der Waals surface area contributed by atoms with Crippen LogP contribution in [0.3, 0.4) is 0 Å². The van der Waals surface area contributed by atoms with Crippen LogP contribution in [-0.4, -0.2) is 6.54 Å². The Morgan fingerprint density at radius 1 is 1.38 bits per heavy atom. The third-order valence-electron chi connectivity index (χ3n) is 3.17. The third kappa shape index (κ3) is 4.52. The van der Waals surface area contributed by atoms with Gasteiger partial charge in [-0.25, -0.2) is 4.39 Å². The second-order valence-electron chi connectivity index (χ2n) is 4.69. The maximum Gasteiger partial charge on any atom is 0.127 e. The fourth-order valence-corrected chi connectivity index (χ4v) is 5.35. The predicted molar refractivity (Wildman–Crippen MR) is 95.9 cm³/mol. The second-order valence-corrected chi connectivity index (χ2v) is 8.85. The Bertz CT molecular complexity index is 597. The molecule has 2 rings (SSSR count). The SMILES string of the molecule is CCCNC(Cc1c(F)cccc1Cl)c1cc(Br)sc1Br. The fraction of sp³-hybridized carbons (Fsp3) is 0.333. The van der Waals surface area contributed by atoms with E-state index in [-0.39, 0.29) is 11.9 Å². The normalized spacial score (nSPS) is 12.6. The van der Waals surface area contributed by atoms with Gasteiger partial charge in [-0.15, -0.1) is 11.3 Å². The number of benzene rings is 1. The fourth-order valence-electron chi connectivity index (χ4n) is 2.13. The summed E-state index contributed by atoms with van der Waals surface area (Å²) in [5, 5.41) is 3.95. The van der Waals surface area contributed by atoms with Crippen LogP contribution < -0.4 is 5.32 Å². The van der Waals surface area contributed by atoms with E-state index in [2.05, 4.69) is 50.2 Å². The first kappa shape index (κ1) is 17.4. The van der Waals surface area contributed by atoms with Crippen molar-refractivity contribution in [2.75, 3.05) is 6.54 Å². The van der Waals surface area contributed by atoms with Gasteiger partial charge in [-0.1, -0.05) is 24.6 Å². The van der Waals surface area contributed by atoms with E-state index in [0.717, 1.165) is 26.1 Å². The van der Waals surface area contributed by atoms with Crippen molar-refractivity contribution in [3.63, 3.8) is 0 Å². The molecule has 6 heteroatoms. The smallest absolute Gasteiger partial charge is 0.127 e. The zero-order chi connectivity index (χ0) is 15.4. The minimum Gasteiger partial charge on any atom is -0.310 e. The van der Waals surface area contributed by atoms with Crippen LogP contribution in [0.2, 0.25) is 5.02 Å². The van der Waals surface area contributed by atoms with Crippen LogP contribution in [0.15, 0.2) is 31.8 Å². The molecule has 0 saturated heterocycles. The molecule has 0 bridgehead atoms. The Kier molecular flexibility index (Phi) is 6.69. The van der Waals surface area contributed by atoms with Crippen molar-refractivity contribution in [3.8, 4) is 0 Å². The van der Waals surface area contributed by atoms with Crippen molar-refractivity contribution in [2.45, 2.75) is 25.8 Å². The van der Waals surface area contributed by atoms with Gasteiger partial charge in [0.1, 0.15) is 5.82 Å². The minimum absolute atomic E-state index is 0.0243. The molecule has 0 aliphatic rings. The lowest BCUT2D eigenvalue weighted by molar-refractivity contribution is 0.513. The van der Waals surface area contributed by atoms with Crippen molar-refractivity contribution in [3.05, 3.63) is 53.8 Å². The summed E-state index contributed by atoms with van der Waals surface area (Å²) in [5.74, 6) is -0.254. The topological polar surface area (TPSA) is 12.0 Å². The van der Waals surface area contributed by atoms with Gasteiger partial charge in [0.05, 0.1) is 7.57 Å². The summed E-state index contributed by atoms with van der Waals surface area (Å²) >= 11 is 14.8. The van der Waals surface area contributed by atoms with Crippen LogP contribution >= 0.6 is 54.8 Å². The summed E-state index contributed by atoms with van der Waals surface area (Å²) in [5.41, 5.74) is 1.68. The molecule has 1 heterocycles. The van der Waals surface area contributed by atoms with Gasteiger partial charge in [0.2, 0.25) is 0 Å². The molecule has 1 atom stereocenters. The van der Waals surface area contributed by atoms with Crippen molar-refractivity contribution in [1.29, 1.82) is 0 Å². The van der Waals surface area contributed by atoms with Crippen molar-refractivity contribution in [2.24, 2.45) is 0 Å². The zero-order valence-corrected chi connectivity index (χ0v) is 16.2. The van der Waals surface area contributed by atoms with Crippen LogP contribution in [0.5, 0.6) is 0 Å². The number of hydrogen-bond acceptors (Lipinski definition) is 2. The monoisotopic (exact) mass is 453 g/mol. The van der Waals surface area contributed by atoms with Crippen molar-refractivity contribution < 1.29 is 4.39 Å². The molecule has 0 saturated carbocycles. The lowest BCUT2D eigenvalue weighted by atomic mass is 10.0. The molecule has 0 spiro atoms. The molecule has 1 unspecified atom stereocenters. The van der Waals surface area contributed by atoms with E-state index < -0.39 is 0 Å². The average molecular weight is 456 g/mol. The average Bonchev–Trinajstić information content (AvgIpc) is 2.76. The number of thiophene rings is 1. The van der Waals surface area contributed by atoms with E-state index in [9.17, 15) is 4.39 Å². The van der Waals surface area contributed by atoms with Crippen molar-refractivity contribution in [1.82, 2.24) is 5.32 Å². The molecule has 114 valence electrons. The predicted octanol–water partition coefficient (Wildman–Crippen LogP) is 6.35. The van der Waals surface area contributed by atoms with Crippen LogP contribution in [0.25, 0.3) is 0 Å². The quantitative estimate of drug-likeness (QED) is 0.535. The largest absolute Gasteiger partial charge is 0.310 e. The van der Waals surface area contributed by atoms with E-state index >= 15 is 0 Å². The van der Waals surface area contributed by atoms with Gasteiger partial charge in [0, 0.05) is 16.6 Å². The highest BCUT2D eigenvalue weighted by molar-refractivity contribution is 9.12. The molecule has 0 amide bonds. The van der Waals surface area contributed by atoms with Gasteiger partial charge in [-0.05, 0) is 75.0 Å². The molecule has 0 aliphatic heterocycles. The maximum atomic E-state index is 14.0. The van der Waals surface area contributed by atoms with Crippen LogP contribution in [-0.2, 0) is 6.42 Å². The standard InChI is InChI=1S/C15H15Br2ClFNS/c1-2-6-20-13(10-8-14(16)21-15(10)17)7-9-11(18)4-3-5-12(9)19/h3-5,8,13,20H,2,6-7H2,1H3. The third-order valence-corrected chi connectivity index (χ3v) is 5.91. The molecule has 1 nitrogen and oxygen atoms in total. The summed E-state index contributed by atoms with van der Waals surface area (Å²) in [6, 6.07) is 6.91. The molecule has 0 radical (unpaired) electrons. The van der Waals surface area contributed by atoms with Gasteiger partial charge in [-0.3, -0.25) is 0 Å². The highest BCUT2D eigenvalue weighted by atomic mass is 79.9. The van der Waals surface area contributed by atoms with E-state index in [4.69, 9.17) is 11.6 Å². The Morgan fingerprint density at radius 2 is 2.14 bits per heavy atom. The molecule has 2 aromatic rings. The van der Waals surface area contributed by atoms with Gasteiger partial charge in [-0.2, -0.15) is 0 Å². The molecule has 0 aliphatic carbocycles. The zero-order valence-electron chi connectivity index (χ0n) is 11.4. The molecule has 0 fully saturated rings. The Morgan fingerprint density at radius 3 is 2.71 bits per heavy atom. The second kappa shape index (κ2) is 8.06. The number of rotatable bonds is 6. The molecule has 1 aromatic carbocycles. The molecule has 1 aromatic heterocycles. The maximum absolute atomic E-state index is 14.0. The number of hydrogen-bond donors (Lipinski definition) is 1. The summed E-state index contributed by atoms with van der Waals surface area (Å²) in [6.45, 7) is 2.98. The minimum atomic E-state index is -0.254. The first-order valence-electron chi connectivity index (χ1n) is 6.64. The molecular weight excluding hydrogens is 440 g/mol. The number of halogens is 4. The van der Waals surface area contributed by atoms with Crippen LogP contribution in [0, 0.1) is 5.82 Å².